The molecule has 1 aliphatic rings. The summed E-state index contributed by atoms with van der Waals surface area (Å²) in [5.41, 5.74) is 2.13. The minimum Gasteiger partial charge on any atom is -0.491 e. The van der Waals surface area contributed by atoms with Crippen LogP contribution in [0.15, 0.2) is 47.4 Å². The lowest BCUT2D eigenvalue weighted by molar-refractivity contribution is -0.126. The van der Waals surface area contributed by atoms with E-state index in [2.05, 4.69) is 5.32 Å². The number of nitrogens with zero attached hydrogens (tertiary/aromatic N) is 1. The van der Waals surface area contributed by atoms with Crippen LogP contribution in [-0.4, -0.2) is 44.9 Å². The van der Waals surface area contributed by atoms with Crippen LogP contribution in [0.4, 0.5) is 4.39 Å². The van der Waals surface area contributed by atoms with Crippen LogP contribution in [0.3, 0.4) is 0 Å². The molecule has 162 valence electrons. The minimum absolute atomic E-state index is 0.0342. The van der Waals surface area contributed by atoms with Gasteiger partial charge in [0.15, 0.2) is 0 Å². The second-order valence-corrected chi connectivity index (χ2v) is 9.50. The molecule has 2 aromatic carbocycles. The summed E-state index contributed by atoms with van der Waals surface area (Å²) >= 11 is 0. The fourth-order valence-corrected chi connectivity index (χ4v) is 5.00. The first-order valence-corrected chi connectivity index (χ1v) is 11.4. The Morgan fingerprint density at radius 3 is 2.67 bits per heavy atom. The molecule has 1 saturated heterocycles. The summed E-state index contributed by atoms with van der Waals surface area (Å²) in [6, 6.07) is 10.7. The van der Waals surface area contributed by atoms with Gasteiger partial charge in [-0.2, -0.15) is 4.31 Å². The molecule has 1 unspecified atom stereocenters. The molecule has 0 spiro atoms. The molecule has 3 rings (SSSR count). The number of hydrogen-bond acceptors (Lipinski definition) is 4. The van der Waals surface area contributed by atoms with Crippen molar-refractivity contribution < 1.29 is 22.3 Å². The van der Waals surface area contributed by atoms with E-state index in [0.29, 0.717) is 32.5 Å². The Kier molecular flexibility index (Phi) is 7.10. The number of carbonyl (C=O) groups is 1. The van der Waals surface area contributed by atoms with E-state index in [9.17, 15) is 17.6 Å². The number of amides is 1. The molecule has 1 amide bonds. The molecule has 1 N–H and O–H groups in total. The topological polar surface area (TPSA) is 75.7 Å². The summed E-state index contributed by atoms with van der Waals surface area (Å²) in [7, 11) is -3.75. The lowest BCUT2D eigenvalue weighted by Crippen LogP contribution is -2.46. The quantitative estimate of drug-likeness (QED) is 0.680. The van der Waals surface area contributed by atoms with Crippen molar-refractivity contribution in [3.63, 3.8) is 0 Å². The van der Waals surface area contributed by atoms with Gasteiger partial charge in [0.25, 0.3) is 0 Å². The molecule has 0 aromatic heterocycles. The molecule has 0 radical (unpaired) electrons. The van der Waals surface area contributed by atoms with Gasteiger partial charge < -0.3 is 10.1 Å². The van der Waals surface area contributed by atoms with Crippen LogP contribution < -0.4 is 10.1 Å². The van der Waals surface area contributed by atoms with Crippen molar-refractivity contribution >= 4 is 15.9 Å². The number of halogens is 1. The van der Waals surface area contributed by atoms with Gasteiger partial charge in [-0.05, 0) is 68.1 Å². The number of ether oxygens (including phenoxy) is 1. The summed E-state index contributed by atoms with van der Waals surface area (Å²) < 4.78 is 45.8. The van der Waals surface area contributed by atoms with Crippen LogP contribution in [0.25, 0.3) is 0 Å². The van der Waals surface area contributed by atoms with E-state index in [-0.39, 0.29) is 17.3 Å². The van der Waals surface area contributed by atoms with Crippen LogP contribution in [0.1, 0.15) is 24.0 Å². The summed E-state index contributed by atoms with van der Waals surface area (Å²) in [6.45, 7) is 5.09. The number of sulfonamides is 1. The number of rotatable bonds is 7. The standard InChI is InChI=1S/C22H27FN2O4S/c1-16-5-6-17(2)21(14-16)29-13-11-24-22(26)18-4-3-12-25(15-18)30(27,28)20-9-7-19(23)8-10-20/h5-10,14,18H,3-4,11-13,15H2,1-2H3,(H,24,26). The molecule has 30 heavy (non-hydrogen) atoms. The van der Waals surface area contributed by atoms with E-state index in [1.165, 1.54) is 16.4 Å². The summed E-state index contributed by atoms with van der Waals surface area (Å²) in [5.74, 6) is -0.306. The molecule has 2 aromatic rings. The van der Waals surface area contributed by atoms with Crippen molar-refractivity contribution in [3.8, 4) is 5.75 Å². The number of piperidine rings is 1. The zero-order valence-corrected chi connectivity index (χ0v) is 18.0. The third-order valence-electron chi connectivity index (χ3n) is 5.21. The highest BCUT2D eigenvalue weighted by molar-refractivity contribution is 7.89. The fraction of sp³-hybridized carbons (Fsp3) is 0.409. The van der Waals surface area contributed by atoms with Gasteiger partial charge in [-0.25, -0.2) is 12.8 Å². The van der Waals surface area contributed by atoms with Crippen LogP contribution in [0.5, 0.6) is 5.75 Å². The van der Waals surface area contributed by atoms with Crippen molar-refractivity contribution in [2.45, 2.75) is 31.6 Å². The minimum atomic E-state index is -3.75. The third kappa shape index (κ3) is 5.37. The van der Waals surface area contributed by atoms with Gasteiger partial charge in [0.05, 0.1) is 17.4 Å². The molecule has 0 aliphatic carbocycles. The molecule has 1 fully saturated rings. The zero-order valence-electron chi connectivity index (χ0n) is 17.2. The summed E-state index contributed by atoms with van der Waals surface area (Å²) in [5, 5.41) is 2.84. The van der Waals surface area contributed by atoms with Gasteiger partial charge >= 0.3 is 0 Å². The molecule has 8 heteroatoms. The van der Waals surface area contributed by atoms with Crippen LogP contribution in [0, 0.1) is 25.6 Å². The smallest absolute Gasteiger partial charge is 0.243 e. The first-order chi connectivity index (χ1) is 14.3. The van der Waals surface area contributed by atoms with Gasteiger partial charge in [0.1, 0.15) is 18.2 Å². The average Bonchev–Trinajstić information content (AvgIpc) is 2.74. The van der Waals surface area contributed by atoms with Crippen molar-refractivity contribution in [1.29, 1.82) is 0 Å². The van der Waals surface area contributed by atoms with Crippen molar-refractivity contribution in [2.75, 3.05) is 26.2 Å². The van der Waals surface area contributed by atoms with Gasteiger partial charge in [0, 0.05) is 13.1 Å². The van der Waals surface area contributed by atoms with E-state index in [0.717, 1.165) is 29.0 Å². The second kappa shape index (κ2) is 9.57. The van der Waals surface area contributed by atoms with Gasteiger partial charge in [-0.3, -0.25) is 4.79 Å². The predicted octanol–water partition coefficient (Wildman–Crippen LogP) is 3.04. The summed E-state index contributed by atoms with van der Waals surface area (Å²) in [4.78, 5) is 12.6. The number of nitrogens with one attached hydrogen (secondary N) is 1. The Balaban J connectivity index is 1.52. The van der Waals surface area contributed by atoms with Gasteiger partial charge in [-0.15, -0.1) is 0 Å². The average molecular weight is 435 g/mol. The monoisotopic (exact) mass is 434 g/mol. The maximum absolute atomic E-state index is 13.1. The maximum Gasteiger partial charge on any atom is 0.243 e. The highest BCUT2D eigenvalue weighted by atomic mass is 32.2. The molecule has 0 saturated carbocycles. The van der Waals surface area contributed by atoms with E-state index in [1.807, 2.05) is 32.0 Å². The number of carbonyl (C=O) groups excluding carboxylic acids is 1. The first-order valence-electron chi connectivity index (χ1n) is 10.0. The Bertz CT molecular complexity index is 993. The van der Waals surface area contributed by atoms with Crippen LogP contribution in [-0.2, 0) is 14.8 Å². The lowest BCUT2D eigenvalue weighted by atomic mass is 9.99. The Morgan fingerprint density at radius 1 is 1.20 bits per heavy atom. The molecular formula is C22H27FN2O4S. The van der Waals surface area contributed by atoms with E-state index < -0.39 is 21.8 Å². The number of benzene rings is 2. The van der Waals surface area contributed by atoms with Crippen LogP contribution in [0.2, 0.25) is 0 Å². The highest BCUT2D eigenvalue weighted by Gasteiger charge is 2.33. The first kappa shape index (κ1) is 22.2. The van der Waals surface area contributed by atoms with Crippen molar-refractivity contribution in [1.82, 2.24) is 9.62 Å². The largest absolute Gasteiger partial charge is 0.491 e. The van der Waals surface area contributed by atoms with Gasteiger partial charge in [-0.1, -0.05) is 12.1 Å². The molecule has 0 bridgehead atoms. The Morgan fingerprint density at radius 2 is 1.93 bits per heavy atom. The molecule has 6 nitrogen and oxygen atoms in total. The third-order valence-corrected chi connectivity index (χ3v) is 7.09. The van der Waals surface area contributed by atoms with E-state index in [1.54, 1.807) is 0 Å². The lowest BCUT2D eigenvalue weighted by Gasteiger charge is -2.31. The maximum atomic E-state index is 13.1. The van der Waals surface area contributed by atoms with Crippen LogP contribution >= 0.6 is 0 Å². The molecule has 1 aliphatic heterocycles. The normalized spacial score (nSPS) is 17.5. The van der Waals surface area contributed by atoms with Crippen molar-refractivity contribution in [3.05, 3.63) is 59.4 Å². The van der Waals surface area contributed by atoms with E-state index in [4.69, 9.17) is 4.74 Å². The predicted molar refractivity (Wildman–Crippen MR) is 112 cm³/mol. The highest BCUT2D eigenvalue weighted by Crippen LogP contribution is 2.24. The van der Waals surface area contributed by atoms with Crippen molar-refractivity contribution in [2.24, 2.45) is 5.92 Å². The fourth-order valence-electron chi connectivity index (χ4n) is 3.47. The molecule has 1 heterocycles. The van der Waals surface area contributed by atoms with Gasteiger partial charge in [0.2, 0.25) is 15.9 Å². The molecule has 1 atom stereocenters. The SMILES string of the molecule is Cc1ccc(C)c(OCCNC(=O)C2CCCN(S(=O)(=O)c3ccc(F)cc3)C2)c1. The zero-order chi connectivity index (χ0) is 21.7. The summed E-state index contributed by atoms with van der Waals surface area (Å²) in [6.07, 6.45) is 1.22. The van der Waals surface area contributed by atoms with E-state index >= 15 is 0 Å². The Hall–Kier alpha value is -2.45. The second-order valence-electron chi connectivity index (χ2n) is 7.56. The number of hydrogen-bond donors (Lipinski definition) is 1. The molecular weight excluding hydrogens is 407 g/mol. The number of aryl methyl sites for hydroxylation is 2. The Labute approximate surface area is 177 Å².